The maximum absolute atomic E-state index is 11.6. The monoisotopic (exact) mass is 213 g/mol. The van der Waals surface area contributed by atoms with Crippen molar-refractivity contribution in [3.8, 4) is 0 Å². The summed E-state index contributed by atoms with van der Waals surface area (Å²) in [6.07, 6.45) is 1.25. The first-order chi connectivity index (χ1) is 7.22. The van der Waals surface area contributed by atoms with Gasteiger partial charge in [-0.15, -0.1) is 0 Å². The molecule has 0 aromatic heterocycles. The Balaban J connectivity index is 2.38. The van der Waals surface area contributed by atoms with Crippen LogP contribution in [0.2, 0.25) is 0 Å². The molecule has 1 aliphatic rings. The normalized spacial score (nSPS) is 21.7. The Morgan fingerprint density at radius 1 is 1.40 bits per heavy atom. The molecule has 0 aliphatic carbocycles. The van der Waals surface area contributed by atoms with Crippen molar-refractivity contribution >= 4 is 5.91 Å². The zero-order valence-corrected chi connectivity index (χ0v) is 10.1. The lowest BCUT2D eigenvalue weighted by molar-refractivity contribution is -0.128. The molecular formula is C11H23N3O. The lowest BCUT2D eigenvalue weighted by atomic mass is 10.3. The summed E-state index contributed by atoms with van der Waals surface area (Å²) in [5.41, 5.74) is 0. The molecule has 1 fully saturated rings. The minimum Gasteiger partial charge on any atom is -0.325 e. The van der Waals surface area contributed by atoms with Crippen molar-refractivity contribution in [3.05, 3.63) is 0 Å². The molecule has 1 heterocycles. The predicted octanol–water partition coefficient (Wildman–Crippen LogP) is 0.496. The van der Waals surface area contributed by atoms with Crippen molar-refractivity contribution in [1.29, 1.82) is 0 Å². The van der Waals surface area contributed by atoms with Crippen LogP contribution in [0, 0.1) is 0 Å². The molecule has 0 aromatic carbocycles. The Labute approximate surface area is 92.6 Å². The molecule has 4 nitrogen and oxygen atoms in total. The average molecular weight is 213 g/mol. The van der Waals surface area contributed by atoms with Crippen LogP contribution in [0.1, 0.15) is 27.2 Å². The lowest BCUT2D eigenvalue weighted by Crippen LogP contribution is -2.42. The van der Waals surface area contributed by atoms with Gasteiger partial charge in [-0.2, -0.15) is 0 Å². The van der Waals surface area contributed by atoms with E-state index in [1.54, 1.807) is 0 Å². The molecule has 0 bridgehead atoms. The molecule has 15 heavy (non-hydrogen) atoms. The molecule has 0 aromatic rings. The number of carbonyl (C=O) groups is 1. The molecule has 0 radical (unpaired) electrons. The van der Waals surface area contributed by atoms with E-state index < -0.39 is 0 Å². The SMILES string of the molecule is CCC1NCC(=O)N1CCN(CC)CC. The van der Waals surface area contributed by atoms with Crippen LogP contribution in [0.3, 0.4) is 0 Å². The Morgan fingerprint density at radius 3 is 2.60 bits per heavy atom. The average Bonchev–Trinajstić information content (AvgIpc) is 2.61. The van der Waals surface area contributed by atoms with Gasteiger partial charge in [-0.1, -0.05) is 20.8 Å². The fraction of sp³-hybridized carbons (Fsp3) is 0.909. The second-order valence-electron chi connectivity index (χ2n) is 3.92. The number of likely N-dealkylation sites (N-methyl/N-ethyl adjacent to an activating group) is 1. The highest BCUT2D eigenvalue weighted by Gasteiger charge is 2.28. The summed E-state index contributed by atoms with van der Waals surface area (Å²) in [6, 6.07) is 0. The van der Waals surface area contributed by atoms with Gasteiger partial charge in [-0.3, -0.25) is 10.1 Å². The zero-order chi connectivity index (χ0) is 11.3. The Hall–Kier alpha value is -0.610. The van der Waals surface area contributed by atoms with Gasteiger partial charge in [0.1, 0.15) is 0 Å². The van der Waals surface area contributed by atoms with Crippen molar-refractivity contribution in [2.45, 2.75) is 33.4 Å². The quantitative estimate of drug-likeness (QED) is 0.698. The Morgan fingerprint density at radius 2 is 2.07 bits per heavy atom. The molecule has 1 rings (SSSR count). The second kappa shape index (κ2) is 6.08. The van der Waals surface area contributed by atoms with Gasteiger partial charge in [-0.25, -0.2) is 0 Å². The maximum Gasteiger partial charge on any atom is 0.237 e. The predicted molar refractivity (Wildman–Crippen MR) is 61.6 cm³/mol. The molecule has 1 atom stereocenters. The first kappa shape index (κ1) is 12.5. The van der Waals surface area contributed by atoms with E-state index in [4.69, 9.17) is 0 Å². The summed E-state index contributed by atoms with van der Waals surface area (Å²) in [6.45, 7) is 10.9. The van der Waals surface area contributed by atoms with Gasteiger partial charge in [0.25, 0.3) is 0 Å². The first-order valence-corrected chi connectivity index (χ1v) is 5.98. The van der Waals surface area contributed by atoms with Crippen molar-refractivity contribution in [2.24, 2.45) is 0 Å². The number of carbonyl (C=O) groups excluding carboxylic acids is 1. The molecule has 0 spiro atoms. The Kier molecular flexibility index (Phi) is 5.05. The molecule has 4 heteroatoms. The molecule has 1 unspecified atom stereocenters. The van der Waals surface area contributed by atoms with Gasteiger partial charge in [0.05, 0.1) is 12.7 Å². The lowest BCUT2D eigenvalue weighted by Gasteiger charge is -2.26. The fourth-order valence-corrected chi connectivity index (χ4v) is 2.02. The highest BCUT2D eigenvalue weighted by Crippen LogP contribution is 2.07. The third kappa shape index (κ3) is 3.18. The van der Waals surface area contributed by atoms with Crippen molar-refractivity contribution in [2.75, 3.05) is 32.7 Å². The molecule has 1 amide bonds. The van der Waals surface area contributed by atoms with Gasteiger partial charge in [0, 0.05) is 13.1 Å². The van der Waals surface area contributed by atoms with Crippen molar-refractivity contribution in [3.63, 3.8) is 0 Å². The number of rotatable bonds is 6. The number of hydrogen-bond acceptors (Lipinski definition) is 3. The standard InChI is InChI=1S/C11H23N3O/c1-4-10-12-9-11(15)14(10)8-7-13(5-2)6-3/h10,12H,4-9H2,1-3H3. The molecule has 88 valence electrons. The fourth-order valence-electron chi connectivity index (χ4n) is 2.02. The Bertz CT molecular complexity index is 204. The van der Waals surface area contributed by atoms with E-state index in [1.807, 2.05) is 4.90 Å². The topological polar surface area (TPSA) is 35.6 Å². The highest BCUT2D eigenvalue weighted by molar-refractivity contribution is 5.80. The number of amides is 1. The summed E-state index contributed by atoms with van der Waals surface area (Å²) < 4.78 is 0. The van der Waals surface area contributed by atoms with Crippen LogP contribution in [-0.2, 0) is 4.79 Å². The van der Waals surface area contributed by atoms with Crippen molar-refractivity contribution < 1.29 is 4.79 Å². The molecule has 1 N–H and O–H groups in total. The van der Waals surface area contributed by atoms with Gasteiger partial charge >= 0.3 is 0 Å². The van der Waals surface area contributed by atoms with E-state index >= 15 is 0 Å². The summed E-state index contributed by atoms with van der Waals surface area (Å²) in [7, 11) is 0. The number of hydrogen-bond donors (Lipinski definition) is 1. The van der Waals surface area contributed by atoms with Crippen LogP contribution >= 0.6 is 0 Å². The minimum absolute atomic E-state index is 0.244. The largest absolute Gasteiger partial charge is 0.325 e. The van der Waals surface area contributed by atoms with E-state index in [0.717, 1.165) is 32.6 Å². The highest BCUT2D eigenvalue weighted by atomic mass is 16.2. The third-order valence-electron chi connectivity index (χ3n) is 3.12. The van der Waals surface area contributed by atoms with E-state index in [-0.39, 0.29) is 12.1 Å². The van der Waals surface area contributed by atoms with Crippen LogP contribution in [-0.4, -0.2) is 54.6 Å². The van der Waals surface area contributed by atoms with Crippen LogP contribution in [0.5, 0.6) is 0 Å². The van der Waals surface area contributed by atoms with E-state index in [2.05, 4.69) is 31.0 Å². The van der Waals surface area contributed by atoms with Crippen LogP contribution in [0.25, 0.3) is 0 Å². The van der Waals surface area contributed by atoms with E-state index in [9.17, 15) is 4.79 Å². The molecule has 0 saturated carbocycles. The number of nitrogens with zero attached hydrogens (tertiary/aromatic N) is 2. The zero-order valence-electron chi connectivity index (χ0n) is 10.1. The maximum atomic E-state index is 11.6. The van der Waals surface area contributed by atoms with Crippen LogP contribution in [0.15, 0.2) is 0 Å². The van der Waals surface area contributed by atoms with E-state index in [0.29, 0.717) is 6.54 Å². The van der Waals surface area contributed by atoms with E-state index in [1.165, 1.54) is 0 Å². The summed E-state index contributed by atoms with van der Waals surface area (Å²) in [5.74, 6) is 0.244. The third-order valence-corrected chi connectivity index (χ3v) is 3.12. The van der Waals surface area contributed by atoms with Crippen LogP contribution in [0.4, 0.5) is 0 Å². The molecule has 1 saturated heterocycles. The van der Waals surface area contributed by atoms with Gasteiger partial charge in [0.2, 0.25) is 5.91 Å². The minimum atomic E-state index is 0.244. The van der Waals surface area contributed by atoms with Crippen molar-refractivity contribution in [1.82, 2.24) is 15.1 Å². The summed E-state index contributed by atoms with van der Waals surface area (Å²) in [5, 5.41) is 3.22. The van der Waals surface area contributed by atoms with Gasteiger partial charge < -0.3 is 9.80 Å². The molecular weight excluding hydrogens is 190 g/mol. The second-order valence-corrected chi connectivity index (χ2v) is 3.92. The molecule has 1 aliphatic heterocycles. The summed E-state index contributed by atoms with van der Waals surface area (Å²) >= 11 is 0. The smallest absolute Gasteiger partial charge is 0.237 e. The number of nitrogens with one attached hydrogen (secondary N) is 1. The summed E-state index contributed by atoms with van der Waals surface area (Å²) in [4.78, 5) is 15.9. The van der Waals surface area contributed by atoms with Crippen LogP contribution < -0.4 is 5.32 Å². The first-order valence-electron chi connectivity index (χ1n) is 5.98. The van der Waals surface area contributed by atoms with Gasteiger partial charge in [-0.05, 0) is 19.5 Å². The van der Waals surface area contributed by atoms with Gasteiger partial charge in [0.15, 0.2) is 0 Å².